The van der Waals surface area contributed by atoms with Gasteiger partial charge < -0.3 is 14.6 Å². The Kier molecular flexibility index (Phi) is 3.98. The van der Waals surface area contributed by atoms with Gasteiger partial charge in [0, 0.05) is 42.8 Å². The highest BCUT2D eigenvalue weighted by molar-refractivity contribution is 5.93. The molecule has 1 aliphatic carbocycles. The quantitative estimate of drug-likeness (QED) is 0.880. The Hall–Kier alpha value is -2.41. The topological polar surface area (TPSA) is 65.8 Å². The van der Waals surface area contributed by atoms with E-state index >= 15 is 4.39 Å². The first-order valence-corrected chi connectivity index (χ1v) is 10.0. The standard InChI is InChI=1S/C21H24FN3O3/c1-23-13-3-2-4-14(23)10-24(9-13)19-8-18-15(7-17(19)22)20(26)16(21(27)28)11-25(18)12-5-6-12/h7-8,11-14H,2-6,9-10H2,1H3,(H,27,28)/t13-,14+. The minimum Gasteiger partial charge on any atom is -0.477 e. The summed E-state index contributed by atoms with van der Waals surface area (Å²) in [5, 5.41) is 9.53. The summed E-state index contributed by atoms with van der Waals surface area (Å²) in [6.45, 7) is 1.55. The fraction of sp³-hybridized carbons (Fsp3) is 0.524. The molecule has 2 saturated heterocycles. The second-order valence-electron chi connectivity index (χ2n) is 8.45. The number of hydrogen-bond donors (Lipinski definition) is 1. The Labute approximate surface area is 162 Å². The van der Waals surface area contributed by atoms with Gasteiger partial charge in [-0.05, 0) is 44.9 Å². The summed E-state index contributed by atoms with van der Waals surface area (Å²) < 4.78 is 16.9. The summed E-state index contributed by atoms with van der Waals surface area (Å²) in [6.07, 6.45) is 6.78. The number of halogens is 1. The summed E-state index contributed by atoms with van der Waals surface area (Å²) >= 11 is 0. The molecule has 2 bridgehead atoms. The van der Waals surface area contributed by atoms with Crippen LogP contribution in [0.3, 0.4) is 0 Å². The van der Waals surface area contributed by atoms with E-state index in [1.165, 1.54) is 18.7 Å². The molecule has 28 heavy (non-hydrogen) atoms. The van der Waals surface area contributed by atoms with Gasteiger partial charge in [0.1, 0.15) is 11.4 Å². The predicted octanol–water partition coefficient (Wildman–Crippen LogP) is 2.85. The molecule has 2 aromatic rings. The third-order valence-corrected chi connectivity index (χ3v) is 6.70. The number of aromatic nitrogens is 1. The number of fused-ring (bicyclic) bond motifs is 3. The van der Waals surface area contributed by atoms with Gasteiger partial charge in [-0.3, -0.25) is 9.69 Å². The average molecular weight is 385 g/mol. The van der Waals surface area contributed by atoms with Gasteiger partial charge in [-0.1, -0.05) is 6.42 Å². The molecule has 1 aromatic heterocycles. The van der Waals surface area contributed by atoms with Crippen LogP contribution in [0.25, 0.3) is 10.9 Å². The van der Waals surface area contributed by atoms with Crippen LogP contribution >= 0.6 is 0 Å². The van der Waals surface area contributed by atoms with E-state index in [1.54, 1.807) is 6.07 Å². The monoisotopic (exact) mass is 385 g/mol. The van der Waals surface area contributed by atoms with E-state index in [2.05, 4.69) is 16.8 Å². The van der Waals surface area contributed by atoms with E-state index in [-0.39, 0.29) is 17.0 Å². The van der Waals surface area contributed by atoms with E-state index in [9.17, 15) is 14.7 Å². The lowest BCUT2D eigenvalue weighted by Crippen LogP contribution is -2.59. The molecular weight excluding hydrogens is 361 g/mol. The summed E-state index contributed by atoms with van der Waals surface area (Å²) in [4.78, 5) is 28.6. The molecule has 0 unspecified atom stereocenters. The number of nitrogens with zero attached hydrogens (tertiary/aromatic N) is 3. The van der Waals surface area contributed by atoms with Crippen molar-refractivity contribution >= 4 is 22.6 Å². The summed E-state index contributed by atoms with van der Waals surface area (Å²) in [5.41, 5.74) is 0.258. The Bertz CT molecular complexity index is 1020. The number of carboxylic acid groups (broad SMARTS) is 1. The number of rotatable bonds is 3. The van der Waals surface area contributed by atoms with Crippen molar-refractivity contribution in [3.8, 4) is 0 Å². The first-order chi connectivity index (χ1) is 13.4. The van der Waals surface area contributed by atoms with Crippen LogP contribution in [0.1, 0.15) is 48.5 Å². The van der Waals surface area contributed by atoms with Crippen LogP contribution in [0, 0.1) is 5.82 Å². The van der Waals surface area contributed by atoms with Gasteiger partial charge in [-0.15, -0.1) is 0 Å². The minimum atomic E-state index is -1.27. The molecule has 2 atom stereocenters. The Morgan fingerprint density at radius 2 is 1.79 bits per heavy atom. The van der Waals surface area contributed by atoms with Gasteiger partial charge >= 0.3 is 5.97 Å². The SMILES string of the molecule is CN1[C@@H]2CCC[C@H]1CN(c1cc3c(cc1F)c(=O)c(C(=O)O)cn3C1CC1)C2. The van der Waals surface area contributed by atoms with Crippen molar-refractivity contribution in [2.24, 2.45) is 0 Å². The molecule has 3 fully saturated rings. The second-order valence-corrected chi connectivity index (χ2v) is 8.45. The highest BCUT2D eigenvalue weighted by Crippen LogP contribution is 2.39. The summed E-state index contributed by atoms with van der Waals surface area (Å²) in [5.74, 6) is -1.71. The van der Waals surface area contributed by atoms with Crippen LogP contribution in [0.4, 0.5) is 10.1 Å². The number of hydrogen-bond acceptors (Lipinski definition) is 4. The van der Waals surface area contributed by atoms with Crippen molar-refractivity contribution in [2.75, 3.05) is 25.0 Å². The van der Waals surface area contributed by atoms with Gasteiger partial charge in [0.2, 0.25) is 5.43 Å². The van der Waals surface area contributed by atoms with Crippen LogP contribution in [-0.4, -0.2) is 52.8 Å². The molecular formula is C21H24FN3O3. The van der Waals surface area contributed by atoms with Gasteiger partial charge in [-0.25, -0.2) is 9.18 Å². The molecule has 7 heteroatoms. The zero-order valence-electron chi connectivity index (χ0n) is 15.9. The number of anilines is 1. The second kappa shape index (κ2) is 6.30. The lowest BCUT2D eigenvalue weighted by atomic mass is 9.91. The highest BCUT2D eigenvalue weighted by Gasteiger charge is 2.36. The molecule has 2 aliphatic heterocycles. The molecule has 3 aliphatic rings. The minimum absolute atomic E-state index is 0.155. The zero-order valence-corrected chi connectivity index (χ0v) is 15.9. The van der Waals surface area contributed by atoms with Crippen molar-refractivity contribution in [3.63, 3.8) is 0 Å². The maximum atomic E-state index is 15.1. The molecule has 6 nitrogen and oxygen atoms in total. The third kappa shape index (κ3) is 2.71. The molecule has 3 heterocycles. The van der Waals surface area contributed by atoms with E-state index in [0.717, 1.165) is 38.8 Å². The van der Waals surface area contributed by atoms with Crippen LogP contribution < -0.4 is 10.3 Å². The fourth-order valence-electron chi connectivity index (χ4n) is 4.92. The smallest absolute Gasteiger partial charge is 0.341 e. The molecule has 0 amide bonds. The van der Waals surface area contributed by atoms with Crippen LogP contribution in [0.15, 0.2) is 23.1 Å². The van der Waals surface area contributed by atoms with Crippen molar-refractivity contribution in [3.05, 3.63) is 39.9 Å². The predicted molar refractivity (Wildman–Crippen MR) is 105 cm³/mol. The Morgan fingerprint density at radius 3 is 2.39 bits per heavy atom. The molecule has 148 valence electrons. The molecule has 1 N–H and O–H groups in total. The molecule has 0 radical (unpaired) electrons. The first-order valence-electron chi connectivity index (χ1n) is 10.0. The number of benzene rings is 1. The lowest BCUT2D eigenvalue weighted by molar-refractivity contribution is 0.0695. The zero-order chi connectivity index (χ0) is 19.6. The van der Waals surface area contributed by atoms with Crippen LogP contribution in [-0.2, 0) is 0 Å². The first kappa shape index (κ1) is 17.7. The molecule has 5 rings (SSSR count). The number of carbonyl (C=O) groups is 1. The average Bonchev–Trinajstić information content (AvgIpc) is 3.47. The van der Waals surface area contributed by atoms with Crippen molar-refractivity contribution in [2.45, 2.75) is 50.2 Å². The fourth-order valence-corrected chi connectivity index (χ4v) is 4.92. The maximum Gasteiger partial charge on any atom is 0.341 e. The third-order valence-electron chi connectivity index (χ3n) is 6.70. The maximum absolute atomic E-state index is 15.1. The summed E-state index contributed by atoms with van der Waals surface area (Å²) in [6, 6.07) is 4.03. The van der Waals surface area contributed by atoms with Crippen molar-refractivity contribution < 1.29 is 14.3 Å². The number of piperidine rings is 1. The number of pyridine rings is 1. The summed E-state index contributed by atoms with van der Waals surface area (Å²) in [7, 11) is 2.15. The van der Waals surface area contributed by atoms with Gasteiger partial charge in [-0.2, -0.15) is 0 Å². The number of likely N-dealkylation sites (N-methyl/N-ethyl adjacent to an activating group) is 1. The van der Waals surface area contributed by atoms with E-state index in [1.807, 2.05) is 4.57 Å². The Morgan fingerprint density at radius 1 is 1.11 bits per heavy atom. The van der Waals surface area contributed by atoms with E-state index in [4.69, 9.17) is 0 Å². The number of piperazine rings is 1. The van der Waals surface area contributed by atoms with Crippen molar-refractivity contribution in [1.82, 2.24) is 9.47 Å². The van der Waals surface area contributed by atoms with Gasteiger partial charge in [0.25, 0.3) is 0 Å². The number of aromatic carboxylic acids is 1. The molecule has 0 spiro atoms. The molecule has 1 saturated carbocycles. The lowest BCUT2D eigenvalue weighted by Gasteiger charge is -2.49. The van der Waals surface area contributed by atoms with Crippen molar-refractivity contribution in [1.29, 1.82) is 0 Å². The van der Waals surface area contributed by atoms with E-state index < -0.39 is 17.2 Å². The van der Waals surface area contributed by atoms with Gasteiger partial charge in [0.05, 0.1) is 11.2 Å². The number of carboxylic acids is 1. The highest BCUT2D eigenvalue weighted by atomic mass is 19.1. The van der Waals surface area contributed by atoms with Gasteiger partial charge in [0.15, 0.2) is 0 Å². The van der Waals surface area contributed by atoms with E-state index in [0.29, 0.717) is 23.3 Å². The van der Waals surface area contributed by atoms with Crippen LogP contribution in [0.5, 0.6) is 0 Å². The molecule has 1 aromatic carbocycles. The normalized spacial score (nSPS) is 25.3. The van der Waals surface area contributed by atoms with Crippen LogP contribution in [0.2, 0.25) is 0 Å². The largest absolute Gasteiger partial charge is 0.477 e. The Balaban J connectivity index is 1.64.